The van der Waals surface area contributed by atoms with Crippen LogP contribution in [0, 0.1) is 0 Å². The SMILES string of the molecule is CCCCCCCCCCCc1cccc[c]1[Zn+].CCCCCCCCCCCc1cccc[c]1[Zn+].CCCCCCCCCCCc1cccc[c]1[Zn+].[O-]P([O-])(=S)[S-]. The van der Waals surface area contributed by atoms with Crippen molar-refractivity contribution in [2.45, 2.75) is 213 Å². The molecule has 8 heteroatoms. The third kappa shape index (κ3) is 42.2. The van der Waals surface area contributed by atoms with Gasteiger partial charge in [0.25, 0.3) is 0 Å². The molecule has 320 valence electrons. The van der Waals surface area contributed by atoms with Crippen molar-refractivity contribution < 1.29 is 64.7 Å². The number of hydrogen-bond donors (Lipinski definition) is 0. The standard InChI is InChI=1S/3C17H27.H3O2PS2.3Zn/c3*1-2-3-4-5-6-7-8-9-11-14-17-15-12-10-13-16-17;1-3(2,4)5;;;/h3*10,12-13,15H,2-9,11,14H2,1H3;(H3,1,2,4,5);;;/q;;;;3*+1/p-3. The van der Waals surface area contributed by atoms with Gasteiger partial charge in [-0.25, -0.2) is 0 Å². The molecule has 0 aliphatic heterocycles. The minimum Gasteiger partial charge on any atom is -0.850 e. The Bertz CT molecular complexity index is 1240. The molecule has 0 spiro atoms. The van der Waals surface area contributed by atoms with E-state index in [1.807, 2.05) is 0 Å². The van der Waals surface area contributed by atoms with E-state index in [9.17, 15) is 9.79 Å². The van der Waals surface area contributed by atoms with Crippen molar-refractivity contribution in [2.75, 3.05) is 0 Å². The summed E-state index contributed by atoms with van der Waals surface area (Å²) in [6.07, 6.45) is 42.4. The van der Waals surface area contributed by atoms with E-state index in [0.29, 0.717) is 0 Å². The Morgan fingerprint density at radius 2 is 0.542 bits per heavy atom. The molecule has 0 N–H and O–H groups in total. The average Bonchev–Trinajstić information content (AvgIpc) is 3.21. The summed E-state index contributed by atoms with van der Waals surface area (Å²) >= 11 is 11.2. The van der Waals surface area contributed by atoms with E-state index in [1.165, 1.54) is 248 Å². The molecule has 0 saturated carbocycles. The normalized spacial score (nSPS) is 10.9. The minimum atomic E-state index is -3.72. The molecular weight excluding hydrogens is 936 g/mol. The van der Waals surface area contributed by atoms with Crippen LogP contribution in [0.4, 0.5) is 0 Å². The summed E-state index contributed by atoms with van der Waals surface area (Å²) in [5.74, 6) is 0. The molecule has 3 aromatic carbocycles. The summed E-state index contributed by atoms with van der Waals surface area (Å²) in [7, 11) is 0. The fraction of sp³-hybridized carbons (Fsp3) is 0.647. The fourth-order valence-electron chi connectivity index (χ4n) is 7.28. The Hall–Kier alpha value is 0.450. The second-order valence-corrected chi connectivity index (χ2v) is 25.8. The number of rotatable bonds is 30. The van der Waals surface area contributed by atoms with Gasteiger partial charge in [-0.3, -0.25) is 0 Å². The van der Waals surface area contributed by atoms with Crippen molar-refractivity contribution in [3.05, 3.63) is 89.5 Å². The summed E-state index contributed by atoms with van der Waals surface area (Å²) in [5.41, 5.74) is 1.07. The van der Waals surface area contributed by atoms with Crippen LogP contribution in [0.3, 0.4) is 0 Å². The van der Waals surface area contributed by atoms with E-state index in [2.05, 4.69) is 118 Å². The fourth-order valence-corrected chi connectivity index (χ4v) is 9.99. The molecule has 59 heavy (non-hydrogen) atoms. The van der Waals surface area contributed by atoms with Crippen LogP contribution in [0.2, 0.25) is 0 Å². The molecule has 0 saturated heterocycles. The van der Waals surface area contributed by atoms with Gasteiger partial charge in [-0.15, -0.1) is 0 Å². The summed E-state index contributed by atoms with van der Waals surface area (Å²) in [6, 6.07) is 26.8. The molecule has 0 heterocycles. The first kappa shape index (κ1) is 59.5. The van der Waals surface area contributed by atoms with Crippen molar-refractivity contribution in [3.8, 4) is 0 Å². The molecule has 0 atom stereocenters. The zero-order chi connectivity index (χ0) is 43.7. The minimum absolute atomic E-state index is 1.30. The number of aryl methyl sites for hydroxylation is 3. The first-order valence-corrected chi connectivity index (χ1v) is 32.1. The second-order valence-electron chi connectivity index (χ2n) is 16.5. The monoisotopic (exact) mass is 1010 g/mol. The maximum atomic E-state index is 9.29. The van der Waals surface area contributed by atoms with E-state index in [0.717, 1.165) is 0 Å². The van der Waals surface area contributed by atoms with Crippen molar-refractivity contribution >= 4 is 42.2 Å². The molecule has 0 aliphatic carbocycles. The smallest absolute Gasteiger partial charge is 0.160 e. The van der Waals surface area contributed by atoms with Gasteiger partial charge in [-0.2, -0.15) is 11.8 Å². The number of benzene rings is 3. The Kier molecular flexibility index (Phi) is 44.0. The van der Waals surface area contributed by atoms with Crippen molar-refractivity contribution in [3.63, 3.8) is 0 Å². The third-order valence-corrected chi connectivity index (χ3v) is 15.3. The third-order valence-electron chi connectivity index (χ3n) is 11.0. The zero-order valence-corrected chi connectivity index (χ0v) is 49.8. The van der Waals surface area contributed by atoms with Crippen LogP contribution in [0.1, 0.15) is 211 Å². The predicted octanol–water partition coefficient (Wildman–Crippen LogP) is 13.3. The first-order chi connectivity index (χ1) is 28.5. The topological polar surface area (TPSA) is 46.1 Å². The van der Waals surface area contributed by atoms with Crippen molar-refractivity contribution in [1.29, 1.82) is 0 Å². The molecule has 0 aliphatic rings. The van der Waals surface area contributed by atoms with Crippen molar-refractivity contribution in [2.24, 2.45) is 0 Å². The van der Waals surface area contributed by atoms with Gasteiger partial charge in [0.2, 0.25) is 0 Å². The maximum absolute atomic E-state index is 9.29. The van der Waals surface area contributed by atoms with Gasteiger partial charge >= 0.3 is 349 Å². The van der Waals surface area contributed by atoms with Crippen LogP contribution in [0.15, 0.2) is 72.8 Å². The van der Waals surface area contributed by atoms with Gasteiger partial charge < -0.3 is 27.7 Å². The summed E-state index contributed by atoms with van der Waals surface area (Å²) in [6.45, 7) is 6.86. The predicted molar refractivity (Wildman–Crippen MR) is 253 cm³/mol. The van der Waals surface area contributed by atoms with Gasteiger partial charge in [0, 0.05) is 0 Å². The van der Waals surface area contributed by atoms with Gasteiger partial charge in [0.05, 0.1) is 0 Å². The van der Waals surface area contributed by atoms with E-state index in [4.69, 9.17) is 0 Å². The Morgan fingerprint density at radius 3 is 0.729 bits per heavy atom. The van der Waals surface area contributed by atoms with Crippen molar-refractivity contribution in [1.82, 2.24) is 0 Å². The van der Waals surface area contributed by atoms with E-state index >= 15 is 0 Å². The van der Waals surface area contributed by atoms with Gasteiger partial charge in [0.15, 0.2) is 0 Å². The van der Waals surface area contributed by atoms with Crippen LogP contribution < -0.4 is 22.3 Å². The summed E-state index contributed by atoms with van der Waals surface area (Å²) in [4.78, 5) is 18.6. The van der Waals surface area contributed by atoms with Gasteiger partial charge in [-0.1, -0.05) is 20.8 Å². The van der Waals surface area contributed by atoms with Crippen LogP contribution in [0.25, 0.3) is 0 Å². The molecular formula is C51H81O2PS2Zn3. The maximum Gasteiger partial charge on any atom is -0.160 e. The van der Waals surface area contributed by atoms with E-state index in [-0.39, 0.29) is 0 Å². The Morgan fingerprint density at radius 1 is 0.373 bits per heavy atom. The van der Waals surface area contributed by atoms with Crippen LogP contribution >= 0.6 is 5.69 Å². The van der Waals surface area contributed by atoms with Crippen LogP contribution in [-0.2, 0) is 98.2 Å². The average molecular weight is 1020 g/mol. The largest absolute Gasteiger partial charge is 0.850 e. The van der Waals surface area contributed by atoms with Gasteiger partial charge in [0.1, 0.15) is 0 Å². The molecule has 0 aromatic heterocycles. The molecule has 3 rings (SSSR count). The Balaban J connectivity index is 0.000000807. The molecule has 0 bridgehead atoms. The molecule has 0 radical (unpaired) electrons. The van der Waals surface area contributed by atoms with Crippen LogP contribution in [-0.4, -0.2) is 0 Å². The molecule has 0 unspecified atom stereocenters. The molecule has 0 amide bonds. The van der Waals surface area contributed by atoms with Crippen LogP contribution in [0.5, 0.6) is 0 Å². The number of hydrogen-bond acceptors (Lipinski definition) is 4. The first-order valence-electron chi connectivity index (χ1n) is 24.0. The number of unbranched alkanes of at least 4 members (excludes halogenated alkanes) is 24. The zero-order valence-electron chi connectivity index (χ0n) is 38.3. The molecule has 2 nitrogen and oxygen atoms in total. The summed E-state index contributed by atoms with van der Waals surface area (Å²) in [5, 5.41) is 0. The molecule has 3 aromatic rings. The quantitative estimate of drug-likeness (QED) is 0.0289. The van der Waals surface area contributed by atoms with E-state index < -0.39 is 5.69 Å². The van der Waals surface area contributed by atoms with Gasteiger partial charge in [-0.05, 0) is 0 Å². The molecule has 0 fully saturated rings. The second kappa shape index (κ2) is 43.7. The summed E-state index contributed by atoms with van der Waals surface area (Å²) < 4.78 is 4.74. The Labute approximate surface area is 406 Å². The van der Waals surface area contributed by atoms with E-state index in [1.54, 1.807) is 29.2 Å².